The monoisotopic (exact) mass is 449 g/mol. The number of nitrogens with zero attached hydrogens (tertiary/aromatic N) is 1. The van der Waals surface area contributed by atoms with E-state index in [0.717, 1.165) is 26.1 Å². The molecule has 0 radical (unpaired) electrons. The van der Waals surface area contributed by atoms with E-state index in [2.05, 4.69) is 28.8 Å². The van der Waals surface area contributed by atoms with E-state index in [0.29, 0.717) is 24.2 Å². The Morgan fingerprint density at radius 3 is 2.32 bits per heavy atom. The number of sulfonamides is 1. The summed E-state index contributed by atoms with van der Waals surface area (Å²) >= 11 is 0. The first-order chi connectivity index (χ1) is 14.7. The third-order valence-corrected chi connectivity index (χ3v) is 6.56. The SMILES string of the molecule is CCc1ccc(NS(=O)(=O)c2ccccc2NCCCN(CC)CC)c(C(=O)O)c1O. The number of carbonyl (C=O) groups is 1. The zero-order chi connectivity index (χ0) is 23.0. The highest BCUT2D eigenvalue weighted by atomic mass is 32.2. The van der Waals surface area contributed by atoms with Gasteiger partial charge in [0.2, 0.25) is 0 Å². The summed E-state index contributed by atoms with van der Waals surface area (Å²) in [5.41, 5.74) is 0.211. The smallest absolute Gasteiger partial charge is 0.341 e. The van der Waals surface area contributed by atoms with Crippen LogP contribution in [0, 0.1) is 0 Å². The molecule has 0 amide bonds. The number of carboxylic acids is 1. The van der Waals surface area contributed by atoms with Crippen LogP contribution >= 0.6 is 0 Å². The number of nitrogens with one attached hydrogen (secondary N) is 2. The first-order valence-electron chi connectivity index (χ1n) is 10.4. The summed E-state index contributed by atoms with van der Waals surface area (Å²) < 4.78 is 28.5. The van der Waals surface area contributed by atoms with Crippen LogP contribution in [0.2, 0.25) is 0 Å². The van der Waals surface area contributed by atoms with Gasteiger partial charge in [-0.05, 0) is 56.2 Å². The molecular weight excluding hydrogens is 418 g/mol. The maximum Gasteiger partial charge on any atom is 0.341 e. The number of hydrogen-bond acceptors (Lipinski definition) is 6. The van der Waals surface area contributed by atoms with E-state index in [9.17, 15) is 23.4 Å². The highest BCUT2D eigenvalue weighted by Gasteiger charge is 2.24. The lowest BCUT2D eigenvalue weighted by Crippen LogP contribution is -2.25. The number of phenols is 1. The lowest BCUT2D eigenvalue weighted by Gasteiger charge is -2.19. The van der Waals surface area contributed by atoms with Crippen molar-refractivity contribution in [3.63, 3.8) is 0 Å². The third kappa shape index (κ3) is 6.11. The Balaban J connectivity index is 2.26. The van der Waals surface area contributed by atoms with E-state index < -0.39 is 27.3 Å². The predicted molar refractivity (Wildman–Crippen MR) is 123 cm³/mol. The van der Waals surface area contributed by atoms with Crippen LogP contribution in [0.25, 0.3) is 0 Å². The van der Waals surface area contributed by atoms with Gasteiger partial charge in [-0.2, -0.15) is 0 Å². The Bertz CT molecular complexity index is 1000. The topological polar surface area (TPSA) is 119 Å². The number of para-hydroxylation sites is 1. The fourth-order valence-electron chi connectivity index (χ4n) is 3.33. The van der Waals surface area contributed by atoms with Gasteiger partial charge in [0.15, 0.2) is 0 Å². The maximum absolute atomic E-state index is 13.1. The highest BCUT2D eigenvalue weighted by Crippen LogP contribution is 2.32. The highest BCUT2D eigenvalue weighted by molar-refractivity contribution is 7.92. The summed E-state index contributed by atoms with van der Waals surface area (Å²) in [5, 5.41) is 22.9. The van der Waals surface area contributed by atoms with E-state index in [1.807, 2.05) is 0 Å². The van der Waals surface area contributed by atoms with E-state index in [-0.39, 0.29) is 10.6 Å². The molecule has 2 aromatic carbocycles. The molecular formula is C22H31N3O5S. The number of carboxylic acid groups (broad SMARTS) is 1. The number of aromatic hydroxyl groups is 1. The molecule has 0 bridgehead atoms. The van der Waals surface area contributed by atoms with Crippen molar-refractivity contribution in [3.8, 4) is 5.75 Å². The van der Waals surface area contributed by atoms with Crippen LogP contribution in [0.15, 0.2) is 41.3 Å². The molecule has 0 aliphatic rings. The van der Waals surface area contributed by atoms with Gasteiger partial charge in [0, 0.05) is 6.54 Å². The minimum absolute atomic E-state index is 0.00763. The quantitative estimate of drug-likeness (QED) is 0.366. The van der Waals surface area contributed by atoms with Gasteiger partial charge in [-0.25, -0.2) is 13.2 Å². The predicted octanol–water partition coefficient (Wildman–Crippen LogP) is 3.60. The fourth-order valence-corrected chi connectivity index (χ4v) is 4.59. The van der Waals surface area contributed by atoms with Crippen molar-refractivity contribution in [1.29, 1.82) is 0 Å². The average Bonchev–Trinajstić information content (AvgIpc) is 2.74. The van der Waals surface area contributed by atoms with E-state index in [1.54, 1.807) is 25.1 Å². The van der Waals surface area contributed by atoms with Crippen LogP contribution in [-0.2, 0) is 16.4 Å². The van der Waals surface area contributed by atoms with Crippen molar-refractivity contribution in [2.45, 2.75) is 38.5 Å². The average molecular weight is 450 g/mol. The zero-order valence-corrected chi connectivity index (χ0v) is 19.0. The summed E-state index contributed by atoms with van der Waals surface area (Å²) in [5.74, 6) is -1.84. The summed E-state index contributed by atoms with van der Waals surface area (Å²) in [7, 11) is -4.10. The number of hydrogen-bond donors (Lipinski definition) is 4. The molecule has 0 unspecified atom stereocenters. The maximum atomic E-state index is 13.1. The fraction of sp³-hybridized carbons (Fsp3) is 0.409. The Labute approximate surface area is 184 Å². The second-order valence-electron chi connectivity index (χ2n) is 7.06. The van der Waals surface area contributed by atoms with Gasteiger partial charge in [0.05, 0.1) is 11.4 Å². The molecule has 0 spiro atoms. The molecule has 0 aliphatic carbocycles. The number of aromatic carboxylic acids is 1. The van der Waals surface area contributed by atoms with Gasteiger partial charge in [0.25, 0.3) is 10.0 Å². The number of aryl methyl sites for hydroxylation is 1. The van der Waals surface area contributed by atoms with Crippen LogP contribution in [0.1, 0.15) is 43.1 Å². The molecule has 0 atom stereocenters. The molecule has 0 saturated carbocycles. The van der Waals surface area contributed by atoms with E-state index in [1.165, 1.54) is 18.2 Å². The van der Waals surface area contributed by atoms with E-state index in [4.69, 9.17) is 0 Å². The van der Waals surface area contributed by atoms with Crippen molar-refractivity contribution >= 4 is 27.4 Å². The van der Waals surface area contributed by atoms with Gasteiger partial charge >= 0.3 is 5.97 Å². The molecule has 0 fully saturated rings. The third-order valence-electron chi connectivity index (χ3n) is 5.14. The standard InChI is InChI=1S/C22H31N3O5S/c1-4-16-12-13-18(20(21(16)26)22(27)28)24-31(29,30)19-11-8-7-10-17(19)23-14-9-15-25(5-2)6-3/h7-8,10-13,23-24,26H,4-6,9,14-15H2,1-3H3,(H,27,28). The number of anilines is 2. The second kappa shape index (κ2) is 11.0. The van der Waals surface area contributed by atoms with Gasteiger partial charge in [0.1, 0.15) is 16.2 Å². The molecule has 9 heteroatoms. The Kier molecular flexibility index (Phi) is 8.70. The van der Waals surface area contributed by atoms with Crippen molar-refractivity contribution < 1.29 is 23.4 Å². The lowest BCUT2D eigenvalue weighted by molar-refractivity contribution is 0.0694. The van der Waals surface area contributed by atoms with Crippen LogP contribution in [0.3, 0.4) is 0 Å². The molecule has 31 heavy (non-hydrogen) atoms. The van der Waals surface area contributed by atoms with Crippen molar-refractivity contribution in [3.05, 3.63) is 47.5 Å². The van der Waals surface area contributed by atoms with E-state index >= 15 is 0 Å². The molecule has 0 heterocycles. The van der Waals surface area contributed by atoms with Crippen molar-refractivity contribution in [2.75, 3.05) is 36.2 Å². The minimum Gasteiger partial charge on any atom is -0.507 e. The molecule has 170 valence electrons. The largest absolute Gasteiger partial charge is 0.507 e. The Hall–Kier alpha value is -2.78. The molecule has 8 nitrogen and oxygen atoms in total. The molecule has 0 saturated heterocycles. The first kappa shape index (κ1) is 24.5. The minimum atomic E-state index is -4.10. The lowest BCUT2D eigenvalue weighted by atomic mass is 10.1. The zero-order valence-electron chi connectivity index (χ0n) is 18.2. The first-order valence-corrected chi connectivity index (χ1v) is 11.9. The summed E-state index contributed by atoms with van der Waals surface area (Å²) in [6, 6.07) is 9.33. The van der Waals surface area contributed by atoms with Crippen LogP contribution in [0.4, 0.5) is 11.4 Å². The Morgan fingerprint density at radius 2 is 1.71 bits per heavy atom. The van der Waals surface area contributed by atoms with Gasteiger partial charge in [-0.3, -0.25) is 4.72 Å². The van der Waals surface area contributed by atoms with Crippen LogP contribution < -0.4 is 10.0 Å². The number of benzene rings is 2. The molecule has 4 N–H and O–H groups in total. The van der Waals surface area contributed by atoms with Crippen LogP contribution in [0.5, 0.6) is 5.75 Å². The van der Waals surface area contributed by atoms with Crippen molar-refractivity contribution in [1.82, 2.24) is 4.90 Å². The van der Waals surface area contributed by atoms with Crippen LogP contribution in [-0.4, -0.2) is 55.7 Å². The van der Waals surface area contributed by atoms with Gasteiger partial charge in [-0.1, -0.05) is 39.0 Å². The molecule has 0 aliphatic heterocycles. The molecule has 0 aromatic heterocycles. The van der Waals surface area contributed by atoms with Gasteiger partial charge in [-0.15, -0.1) is 0 Å². The summed E-state index contributed by atoms with van der Waals surface area (Å²) in [4.78, 5) is 14.0. The van der Waals surface area contributed by atoms with Gasteiger partial charge < -0.3 is 20.4 Å². The summed E-state index contributed by atoms with van der Waals surface area (Å²) in [6.07, 6.45) is 1.26. The van der Waals surface area contributed by atoms with Crippen molar-refractivity contribution in [2.24, 2.45) is 0 Å². The number of rotatable bonds is 12. The molecule has 2 rings (SSSR count). The molecule has 2 aromatic rings. The normalized spacial score (nSPS) is 11.5. The summed E-state index contributed by atoms with van der Waals surface area (Å²) in [6.45, 7) is 9.38. The Morgan fingerprint density at radius 1 is 1.03 bits per heavy atom. The second-order valence-corrected chi connectivity index (χ2v) is 8.71.